The van der Waals surface area contributed by atoms with Gasteiger partial charge < -0.3 is 58.1 Å². The maximum atomic E-state index is 6.25. The van der Waals surface area contributed by atoms with E-state index in [4.69, 9.17) is 58.1 Å². The molecule has 0 fully saturated rings. The molecule has 0 amide bonds. The van der Waals surface area contributed by atoms with Gasteiger partial charge in [-0.2, -0.15) is 0 Å². The highest BCUT2D eigenvalue weighted by Crippen LogP contribution is 2.44. The number of amidine groups is 1. The third-order valence-electron chi connectivity index (χ3n) is 8.64. The second kappa shape index (κ2) is 21.7. The fourth-order valence-corrected chi connectivity index (χ4v) is 6.97. The van der Waals surface area contributed by atoms with Crippen LogP contribution in [0.25, 0.3) is 42.4 Å². The normalized spacial score (nSPS) is 11.5. The summed E-state index contributed by atoms with van der Waals surface area (Å²) in [6.45, 7) is 6.68. The SMILES string of the molecule is CC(N)=NCCCOc1cc(OCCCN=C(N)N)cc(-c2ccc3sc4ccc(-c5cc(OCCCN)c(OCCCN)c(OCCCN)c5)cc4c3c2)c1. The van der Waals surface area contributed by atoms with Crippen molar-refractivity contribution in [3.8, 4) is 51.0 Å². The first-order valence-electron chi connectivity index (χ1n) is 19.2. The number of nitrogens with two attached hydrogens (primary N) is 6. The quantitative estimate of drug-likeness (QED) is 0.0250. The average Bonchev–Trinajstić information content (AvgIpc) is 3.55. The number of hydrogen-bond donors (Lipinski definition) is 6. The first-order valence-corrected chi connectivity index (χ1v) is 20.0. The Balaban J connectivity index is 1.51. The van der Waals surface area contributed by atoms with Crippen LogP contribution in [0.15, 0.2) is 76.7 Å². The van der Waals surface area contributed by atoms with Gasteiger partial charge in [-0.05, 0) is 117 Å². The van der Waals surface area contributed by atoms with Crippen molar-refractivity contribution < 1.29 is 23.7 Å². The molecule has 0 radical (unpaired) electrons. The molecule has 4 aromatic carbocycles. The molecule has 0 atom stereocenters. The lowest BCUT2D eigenvalue weighted by Crippen LogP contribution is -2.23. The number of guanidine groups is 1. The summed E-state index contributed by atoms with van der Waals surface area (Å²) >= 11 is 1.76. The van der Waals surface area contributed by atoms with Crippen molar-refractivity contribution in [1.82, 2.24) is 0 Å². The molecule has 0 aliphatic heterocycles. The van der Waals surface area contributed by atoms with Crippen LogP contribution in [0.2, 0.25) is 0 Å². The zero-order chi connectivity index (χ0) is 39.7. The highest BCUT2D eigenvalue weighted by atomic mass is 32.1. The summed E-state index contributed by atoms with van der Waals surface area (Å²) in [4.78, 5) is 8.33. The lowest BCUT2D eigenvalue weighted by Gasteiger charge is -2.19. The third-order valence-corrected chi connectivity index (χ3v) is 9.79. The molecule has 0 unspecified atom stereocenters. The standard InChI is InChI=1S/C42H56N8O5S/c1-28(46)49-14-5-19-51-33-21-31(22-34(27-33)52-20-6-15-50-42(47)48)29-7-9-39-35(23-29)36-24-30(8-10-40(36)56-39)32-25-37(53-16-2-11-43)41(55-18-4-13-45)38(26-32)54-17-3-12-44/h7-10,21-27H,2-6,11-20,43-45H2,1H3,(H2,46,49)(H4,47,48,50). The van der Waals surface area contributed by atoms with Gasteiger partial charge in [0.1, 0.15) is 11.5 Å². The van der Waals surface area contributed by atoms with Crippen molar-refractivity contribution in [2.75, 3.05) is 65.8 Å². The predicted octanol–water partition coefficient (Wildman–Crippen LogP) is 5.76. The van der Waals surface area contributed by atoms with Crippen LogP contribution in [0, 0.1) is 0 Å². The molecule has 0 bridgehead atoms. The van der Waals surface area contributed by atoms with E-state index in [1.165, 1.54) is 9.40 Å². The van der Waals surface area contributed by atoms with Crippen molar-refractivity contribution >= 4 is 43.3 Å². The first kappa shape index (κ1) is 41.9. The van der Waals surface area contributed by atoms with E-state index in [0.717, 1.165) is 39.4 Å². The summed E-state index contributed by atoms with van der Waals surface area (Å²) in [7, 11) is 0. The Morgan fingerprint density at radius 1 is 0.518 bits per heavy atom. The molecule has 56 heavy (non-hydrogen) atoms. The van der Waals surface area contributed by atoms with Crippen molar-refractivity contribution in [1.29, 1.82) is 0 Å². The Bertz CT molecular complexity index is 2000. The van der Waals surface area contributed by atoms with Crippen LogP contribution in [0.4, 0.5) is 0 Å². The van der Waals surface area contributed by atoms with Gasteiger partial charge in [0.25, 0.3) is 0 Å². The van der Waals surface area contributed by atoms with Gasteiger partial charge in [0.15, 0.2) is 17.5 Å². The van der Waals surface area contributed by atoms with Crippen LogP contribution >= 0.6 is 11.3 Å². The summed E-state index contributed by atoms with van der Waals surface area (Å²) < 4.78 is 33.4. The molecular formula is C42H56N8O5S. The number of thiophene rings is 1. The molecule has 14 heteroatoms. The van der Waals surface area contributed by atoms with Crippen molar-refractivity contribution in [3.05, 3.63) is 66.7 Å². The topological polar surface area (TPSA) is 227 Å². The zero-order valence-electron chi connectivity index (χ0n) is 32.3. The van der Waals surface area contributed by atoms with E-state index >= 15 is 0 Å². The predicted molar refractivity (Wildman–Crippen MR) is 231 cm³/mol. The highest BCUT2D eigenvalue weighted by molar-refractivity contribution is 7.25. The van der Waals surface area contributed by atoms with Crippen molar-refractivity contribution in [3.63, 3.8) is 0 Å². The minimum atomic E-state index is 0.0658. The maximum Gasteiger partial charge on any atom is 0.203 e. The summed E-state index contributed by atoms with van der Waals surface area (Å²) in [5.41, 5.74) is 38.0. The second-order valence-electron chi connectivity index (χ2n) is 13.2. The monoisotopic (exact) mass is 784 g/mol. The van der Waals surface area contributed by atoms with E-state index in [-0.39, 0.29) is 5.96 Å². The Kier molecular flexibility index (Phi) is 16.2. The fourth-order valence-electron chi connectivity index (χ4n) is 5.90. The zero-order valence-corrected chi connectivity index (χ0v) is 33.1. The minimum absolute atomic E-state index is 0.0658. The first-order chi connectivity index (χ1) is 27.3. The Labute approximate surface area is 333 Å². The Morgan fingerprint density at radius 3 is 1.46 bits per heavy atom. The third kappa shape index (κ3) is 12.1. The number of hydrogen-bond acceptors (Lipinski definition) is 11. The lowest BCUT2D eigenvalue weighted by atomic mass is 9.99. The molecule has 0 saturated carbocycles. The largest absolute Gasteiger partial charge is 0.493 e. The molecule has 0 aliphatic rings. The number of benzene rings is 4. The van der Waals surface area contributed by atoms with Gasteiger partial charge in [0.05, 0.1) is 38.9 Å². The van der Waals surface area contributed by atoms with E-state index in [0.29, 0.717) is 126 Å². The van der Waals surface area contributed by atoms with Crippen molar-refractivity contribution in [2.45, 2.75) is 39.0 Å². The molecule has 5 aromatic rings. The smallest absolute Gasteiger partial charge is 0.203 e. The number of ether oxygens (including phenoxy) is 5. The van der Waals surface area contributed by atoms with E-state index in [2.05, 4.69) is 46.4 Å². The van der Waals surface area contributed by atoms with Gasteiger partial charge in [0, 0.05) is 52.2 Å². The van der Waals surface area contributed by atoms with E-state index < -0.39 is 0 Å². The number of fused-ring (bicyclic) bond motifs is 3. The summed E-state index contributed by atoms with van der Waals surface area (Å²) in [6, 6.07) is 23.1. The number of rotatable bonds is 24. The van der Waals surface area contributed by atoms with Crippen LogP contribution in [-0.2, 0) is 0 Å². The lowest BCUT2D eigenvalue weighted by molar-refractivity contribution is 0.240. The van der Waals surface area contributed by atoms with Gasteiger partial charge in [-0.1, -0.05) is 12.1 Å². The maximum absolute atomic E-state index is 6.25. The molecule has 0 spiro atoms. The van der Waals surface area contributed by atoms with Gasteiger partial charge in [-0.15, -0.1) is 11.3 Å². The molecular weight excluding hydrogens is 729 g/mol. The van der Waals surface area contributed by atoms with Crippen LogP contribution in [-0.4, -0.2) is 77.6 Å². The average molecular weight is 785 g/mol. The molecule has 12 N–H and O–H groups in total. The van der Waals surface area contributed by atoms with Gasteiger partial charge >= 0.3 is 0 Å². The van der Waals surface area contributed by atoms with Crippen LogP contribution in [0.3, 0.4) is 0 Å². The van der Waals surface area contributed by atoms with E-state index in [9.17, 15) is 0 Å². The molecule has 300 valence electrons. The molecule has 0 saturated heterocycles. The molecule has 0 aliphatic carbocycles. The van der Waals surface area contributed by atoms with E-state index in [1.54, 1.807) is 18.3 Å². The highest BCUT2D eigenvalue weighted by Gasteiger charge is 2.18. The van der Waals surface area contributed by atoms with Crippen molar-refractivity contribution in [2.24, 2.45) is 44.4 Å². The summed E-state index contributed by atoms with van der Waals surface area (Å²) in [5.74, 6) is 3.79. The Hall–Kier alpha value is -5.28. The summed E-state index contributed by atoms with van der Waals surface area (Å²) in [5, 5.41) is 2.29. The minimum Gasteiger partial charge on any atom is -0.493 e. The van der Waals surface area contributed by atoms with Gasteiger partial charge in [-0.25, -0.2) is 0 Å². The van der Waals surface area contributed by atoms with E-state index in [1.807, 2.05) is 30.3 Å². The molecule has 13 nitrogen and oxygen atoms in total. The molecule has 5 rings (SSSR count). The van der Waals surface area contributed by atoms with Gasteiger partial charge in [0.2, 0.25) is 5.75 Å². The molecule has 1 heterocycles. The van der Waals surface area contributed by atoms with Crippen LogP contribution < -0.4 is 58.1 Å². The number of aliphatic imine (C=N–C) groups is 2. The van der Waals surface area contributed by atoms with Crippen LogP contribution in [0.1, 0.15) is 39.0 Å². The number of nitrogens with zero attached hydrogens (tertiary/aromatic N) is 2. The summed E-state index contributed by atoms with van der Waals surface area (Å²) in [6.07, 6.45) is 3.51. The van der Waals surface area contributed by atoms with Crippen LogP contribution in [0.5, 0.6) is 28.7 Å². The Morgan fingerprint density at radius 2 is 0.982 bits per heavy atom. The fraction of sp³-hybridized carbons (Fsp3) is 0.381. The molecule has 1 aromatic heterocycles. The van der Waals surface area contributed by atoms with Gasteiger partial charge in [-0.3, -0.25) is 9.98 Å². The second-order valence-corrected chi connectivity index (χ2v) is 14.3.